The van der Waals surface area contributed by atoms with Gasteiger partial charge < -0.3 is 10.5 Å². The third kappa shape index (κ3) is 3.41. The fraction of sp³-hybridized carbons (Fsp3) is 0.250. The van der Waals surface area contributed by atoms with Crippen molar-refractivity contribution in [1.82, 2.24) is 0 Å². The Morgan fingerprint density at radius 1 is 1.14 bits per heavy atom. The molecule has 0 aliphatic heterocycles. The lowest BCUT2D eigenvalue weighted by Gasteiger charge is -2.17. The van der Waals surface area contributed by atoms with Gasteiger partial charge in [-0.1, -0.05) is 22.0 Å². The van der Waals surface area contributed by atoms with Crippen molar-refractivity contribution < 1.29 is 13.5 Å². The van der Waals surface area contributed by atoms with E-state index in [1.807, 2.05) is 6.92 Å². The van der Waals surface area contributed by atoms with Gasteiger partial charge in [0.1, 0.15) is 17.4 Å². The second-order valence-electron chi connectivity index (χ2n) is 4.72. The van der Waals surface area contributed by atoms with Gasteiger partial charge in [-0.3, -0.25) is 0 Å². The first-order valence-corrected chi connectivity index (χ1v) is 7.36. The van der Waals surface area contributed by atoms with Crippen LogP contribution in [0.5, 0.6) is 5.75 Å². The molecule has 0 saturated heterocycles. The minimum atomic E-state index is -0.686. The summed E-state index contributed by atoms with van der Waals surface area (Å²) in [5.41, 5.74) is 7.47. The Kier molecular flexibility index (Phi) is 4.96. The van der Waals surface area contributed by atoms with Gasteiger partial charge in [0.2, 0.25) is 0 Å². The molecule has 0 aliphatic carbocycles. The topological polar surface area (TPSA) is 35.2 Å². The van der Waals surface area contributed by atoms with E-state index in [9.17, 15) is 8.78 Å². The first-order chi connectivity index (χ1) is 9.93. The van der Waals surface area contributed by atoms with Gasteiger partial charge in [0, 0.05) is 16.1 Å². The summed E-state index contributed by atoms with van der Waals surface area (Å²) in [6.45, 7) is 4.03. The molecule has 0 aliphatic rings. The third-order valence-electron chi connectivity index (χ3n) is 3.23. The summed E-state index contributed by atoms with van der Waals surface area (Å²) < 4.78 is 33.4. The fourth-order valence-corrected chi connectivity index (χ4v) is 2.71. The van der Waals surface area contributed by atoms with Crippen molar-refractivity contribution in [3.63, 3.8) is 0 Å². The first kappa shape index (κ1) is 15.9. The molecule has 1 atom stereocenters. The van der Waals surface area contributed by atoms with E-state index in [1.165, 1.54) is 6.07 Å². The Morgan fingerprint density at radius 3 is 2.48 bits per heavy atom. The van der Waals surface area contributed by atoms with E-state index >= 15 is 0 Å². The van der Waals surface area contributed by atoms with E-state index in [0.717, 1.165) is 10.5 Å². The molecule has 1 unspecified atom stereocenters. The molecule has 0 fully saturated rings. The Labute approximate surface area is 131 Å². The van der Waals surface area contributed by atoms with Crippen molar-refractivity contribution in [2.45, 2.75) is 19.9 Å². The highest BCUT2D eigenvalue weighted by molar-refractivity contribution is 9.10. The highest BCUT2D eigenvalue weighted by Crippen LogP contribution is 2.32. The van der Waals surface area contributed by atoms with Gasteiger partial charge in [0.05, 0.1) is 12.6 Å². The molecule has 112 valence electrons. The number of nitrogens with two attached hydrogens (primary N) is 1. The zero-order valence-corrected chi connectivity index (χ0v) is 13.4. The summed E-state index contributed by atoms with van der Waals surface area (Å²) in [6.07, 6.45) is 0. The van der Waals surface area contributed by atoms with Crippen LogP contribution >= 0.6 is 15.9 Å². The SMILES string of the molecule is CCOc1ccc(C(N)c2cc(C)c(F)cc2F)c(Br)c1. The zero-order valence-electron chi connectivity index (χ0n) is 11.8. The molecule has 0 amide bonds. The van der Waals surface area contributed by atoms with E-state index in [1.54, 1.807) is 25.1 Å². The largest absolute Gasteiger partial charge is 0.494 e. The van der Waals surface area contributed by atoms with Gasteiger partial charge in [-0.05, 0) is 43.2 Å². The molecule has 0 heterocycles. The number of hydrogen-bond acceptors (Lipinski definition) is 2. The number of aryl methyl sites for hydroxylation is 1. The average molecular weight is 356 g/mol. The minimum absolute atomic E-state index is 0.263. The van der Waals surface area contributed by atoms with Crippen LogP contribution in [0, 0.1) is 18.6 Å². The predicted octanol–water partition coefficient (Wildman–Crippen LogP) is 4.48. The quantitative estimate of drug-likeness (QED) is 0.877. The van der Waals surface area contributed by atoms with Crippen LogP contribution in [-0.4, -0.2) is 6.61 Å². The number of rotatable bonds is 4. The van der Waals surface area contributed by atoms with Crippen molar-refractivity contribution >= 4 is 15.9 Å². The van der Waals surface area contributed by atoms with Crippen molar-refractivity contribution in [2.75, 3.05) is 6.61 Å². The second kappa shape index (κ2) is 6.54. The van der Waals surface area contributed by atoms with E-state index in [4.69, 9.17) is 10.5 Å². The maximum atomic E-state index is 13.9. The van der Waals surface area contributed by atoms with Gasteiger partial charge >= 0.3 is 0 Å². The van der Waals surface area contributed by atoms with Crippen LogP contribution in [0.4, 0.5) is 8.78 Å². The van der Waals surface area contributed by atoms with Gasteiger partial charge in [-0.25, -0.2) is 8.78 Å². The highest BCUT2D eigenvalue weighted by Gasteiger charge is 2.18. The van der Waals surface area contributed by atoms with Crippen LogP contribution in [0.25, 0.3) is 0 Å². The van der Waals surface area contributed by atoms with Crippen LogP contribution in [0.1, 0.15) is 29.7 Å². The summed E-state index contributed by atoms with van der Waals surface area (Å²) in [4.78, 5) is 0. The molecule has 0 bridgehead atoms. The number of halogens is 3. The molecular formula is C16H16BrF2NO. The molecule has 21 heavy (non-hydrogen) atoms. The molecule has 2 aromatic carbocycles. The molecule has 0 spiro atoms. The summed E-state index contributed by atoms with van der Waals surface area (Å²) in [7, 11) is 0. The van der Waals surface area contributed by atoms with Gasteiger partial charge in [0.25, 0.3) is 0 Å². The normalized spacial score (nSPS) is 12.3. The highest BCUT2D eigenvalue weighted by atomic mass is 79.9. The van der Waals surface area contributed by atoms with Crippen molar-refractivity contribution in [1.29, 1.82) is 0 Å². The molecule has 0 radical (unpaired) electrons. The van der Waals surface area contributed by atoms with E-state index in [-0.39, 0.29) is 5.56 Å². The van der Waals surface area contributed by atoms with Gasteiger partial charge in [-0.2, -0.15) is 0 Å². The summed E-state index contributed by atoms with van der Waals surface area (Å²) in [5.74, 6) is -0.517. The smallest absolute Gasteiger partial charge is 0.131 e. The number of benzene rings is 2. The van der Waals surface area contributed by atoms with E-state index in [0.29, 0.717) is 23.5 Å². The summed E-state index contributed by atoms with van der Waals surface area (Å²) in [6, 6.07) is 6.96. The predicted molar refractivity (Wildman–Crippen MR) is 82.4 cm³/mol. The van der Waals surface area contributed by atoms with Crippen LogP contribution in [0.2, 0.25) is 0 Å². The molecule has 0 aromatic heterocycles. The molecule has 2 aromatic rings. The third-order valence-corrected chi connectivity index (χ3v) is 3.92. The average Bonchev–Trinajstić information content (AvgIpc) is 2.43. The summed E-state index contributed by atoms with van der Waals surface area (Å²) in [5, 5.41) is 0. The van der Waals surface area contributed by atoms with Crippen molar-refractivity contribution in [2.24, 2.45) is 5.73 Å². The fourth-order valence-electron chi connectivity index (χ4n) is 2.10. The van der Waals surface area contributed by atoms with Crippen molar-refractivity contribution in [3.05, 3.63) is 63.1 Å². The lowest BCUT2D eigenvalue weighted by molar-refractivity contribution is 0.340. The van der Waals surface area contributed by atoms with Crippen LogP contribution in [0.15, 0.2) is 34.8 Å². The van der Waals surface area contributed by atoms with E-state index < -0.39 is 17.7 Å². The standard InChI is InChI=1S/C16H16BrF2NO/c1-3-21-10-4-5-11(13(17)7-10)16(20)12-6-9(2)14(18)8-15(12)19/h4-8,16H,3,20H2,1-2H3. The second-order valence-corrected chi connectivity index (χ2v) is 5.57. The van der Waals surface area contributed by atoms with Crippen molar-refractivity contribution in [3.8, 4) is 5.75 Å². The lowest BCUT2D eigenvalue weighted by atomic mass is 9.97. The Balaban J connectivity index is 2.40. The first-order valence-electron chi connectivity index (χ1n) is 6.57. The number of hydrogen-bond donors (Lipinski definition) is 1. The Bertz CT molecular complexity index is 661. The minimum Gasteiger partial charge on any atom is -0.494 e. The van der Waals surface area contributed by atoms with E-state index in [2.05, 4.69) is 15.9 Å². The monoisotopic (exact) mass is 355 g/mol. The molecule has 5 heteroatoms. The molecule has 2 N–H and O–H groups in total. The molecule has 2 rings (SSSR count). The summed E-state index contributed by atoms with van der Waals surface area (Å²) >= 11 is 3.42. The molecular weight excluding hydrogens is 340 g/mol. The van der Waals surface area contributed by atoms with Gasteiger partial charge in [0.15, 0.2) is 0 Å². The zero-order chi connectivity index (χ0) is 15.6. The van der Waals surface area contributed by atoms with Crippen LogP contribution < -0.4 is 10.5 Å². The molecule has 2 nitrogen and oxygen atoms in total. The maximum absolute atomic E-state index is 13.9. The lowest BCUT2D eigenvalue weighted by Crippen LogP contribution is -2.15. The number of ether oxygens (including phenoxy) is 1. The Hall–Kier alpha value is -1.46. The van der Waals surface area contributed by atoms with Gasteiger partial charge in [-0.15, -0.1) is 0 Å². The van der Waals surface area contributed by atoms with Crippen LogP contribution in [-0.2, 0) is 0 Å². The maximum Gasteiger partial charge on any atom is 0.131 e. The Morgan fingerprint density at radius 2 is 1.86 bits per heavy atom. The van der Waals surface area contributed by atoms with Crippen LogP contribution in [0.3, 0.4) is 0 Å². The molecule has 0 saturated carbocycles.